The predicted octanol–water partition coefficient (Wildman–Crippen LogP) is 6.29. The van der Waals surface area contributed by atoms with Crippen LogP contribution < -0.4 is 0 Å². The molecule has 2 aliphatic carbocycles. The normalized spacial score (nSPS) is 16.5. The van der Waals surface area contributed by atoms with Crippen LogP contribution in [0.4, 0.5) is 0 Å². The second kappa shape index (κ2) is 6.93. The number of fused-ring (bicyclic) bond motifs is 3. The van der Waals surface area contributed by atoms with Crippen LogP contribution in [0.25, 0.3) is 11.6 Å². The summed E-state index contributed by atoms with van der Waals surface area (Å²) in [5.41, 5.74) is 9.71. The number of allylic oxidation sites excluding steroid dienone is 5. The maximum absolute atomic E-state index is 12.9. The molecule has 1 heteroatoms. The quantitative estimate of drug-likeness (QED) is 0.602. The van der Waals surface area contributed by atoms with Crippen LogP contribution in [0.5, 0.6) is 0 Å². The van der Waals surface area contributed by atoms with Gasteiger partial charge in [-0.05, 0) is 79.0 Å². The van der Waals surface area contributed by atoms with Crippen LogP contribution in [0.1, 0.15) is 76.5 Å². The molecule has 0 heterocycles. The third kappa shape index (κ3) is 2.70. The summed E-state index contributed by atoms with van der Waals surface area (Å²) in [6.45, 7) is 8.59. The molecule has 2 aliphatic rings. The van der Waals surface area contributed by atoms with Crippen LogP contribution in [0.2, 0.25) is 0 Å². The number of Topliss-reactive ketones (excluding diaryl/α,β-unsaturated/α-hetero) is 1. The van der Waals surface area contributed by atoms with Gasteiger partial charge in [-0.3, -0.25) is 4.79 Å². The summed E-state index contributed by atoms with van der Waals surface area (Å²) in [5, 5.41) is 0. The number of benzene rings is 1. The standard InChI is InChI=1S/C23H28O/c1-5-7-10-17-11-9-12-18-14-20-22(21(17)18)19(13-8-6-2)15(3)16(4)23(20)24/h9,11-12,14H,5-8,10,13H2,1-4H3. The van der Waals surface area contributed by atoms with Gasteiger partial charge in [-0.25, -0.2) is 0 Å². The lowest BCUT2D eigenvalue weighted by molar-refractivity contribution is -0.111. The van der Waals surface area contributed by atoms with Gasteiger partial charge >= 0.3 is 0 Å². The van der Waals surface area contributed by atoms with Gasteiger partial charge in [-0.1, -0.05) is 44.9 Å². The van der Waals surface area contributed by atoms with Crippen molar-refractivity contribution >= 4 is 17.4 Å². The first-order chi connectivity index (χ1) is 11.6. The van der Waals surface area contributed by atoms with E-state index in [1.54, 1.807) is 0 Å². The van der Waals surface area contributed by atoms with Crippen molar-refractivity contribution in [3.05, 3.63) is 57.2 Å². The lowest BCUT2D eigenvalue weighted by atomic mass is 9.79. The van der Waals surface area contributed by atoms with Gasteiger partial charge in [0, 0.05) is 11.1 Å². The van der Waals surface area contributed by atoms with E-state index in [-0.39, 0.29) is 5.78 Å². The minimum absolute atomic E-state index is 0.223. The molecular formula is C23H28O. The molecule has 0 radical (unpaired) electrons. The van der Waals surface area contributed by atoms with Gasteiger partial charge in [-0.15, -0.1) is 0 Å². The fourth-order valence-corrected chi connectivity index (χ4v) is 3.93. The van der Waals surface area contributed by atoms with Crippen molar-refractivity contribution < 1.29 is 4.79 Å². The minimum atomic E-state index is 0.223. The van der Waals surface area contributed by atoms with Crippen molar-refractivity contribution in [2.45, 2.75) is 66.2 Å². The Labute approximate surface area is 146 Å². The van der Waals surface area contributed by atoms with Gasteiger partial charge in [0.1, 0.15) is 0 Å². The highest BCUT2D eigenvalue weighted by Crippen LogP contribution is 2.47. The Morgan fingerprint density at radius 3 is 2.33 bits per heavy atom. The van der Waals surface area contributed by atoms with E-state index in [0.29, 0.717) is 0 Å². The zero-order valence-electron chi connectivity index (χ0n) is 15.5. The van der Waals surface area contributed by atoms with Crippen LogP contribution in [0.3, 0.4) is 0 Å². The Hall–Kier alpha value is -1.89. The van der Waals surface area contributed by atoms with Gasteiger partial charge in [-0.2, -0.15) is 0 Å². The number of ketones is 1. The molecule has 0 aliphatic heterocycles. The van der Waals surface area contributed by atoms with Gasteiger partial charge in [0.05, 0.1) is 0 Å². The van der Waals surface area contributed by atoms with E-state index < -0.39 is 0 Å². The molecule has 0 saturated heterocycles. The molecule has 1 aromatic rings. The summed E-state index contributed by atoms with van der Waals surface area (Å²) < 4.78 is 0. The zero-order valence-corrected chi connectivity index (χ0v) is 15.5. The Morgan fingerprint density at radius 2 is 1.62 bits per heavy atom. The number of hydrogen-bond acceptors (Lipinski definition) is 1. The fourth-order valence-electron chi connectivity index (χ4n) is 3.93. The second-order valence-electron chi connectivity index (χ2n) is 7.08. The van der Waals surface area contributed by atoms with Crippen molar-refractivity contribution in [1.82, 2.24) is 0 Å². The Morgan fingerprint density at radius 1 is 0.917 bits per heavy atom. The van der Waals surface area contributed by atoms with E-state index in [1.165, 1.54) is 59.1 Å². The average molecular weight is 320 g/mol. The Kier molecular flexibility index (Phi) is 4.89. The van der Waals surface area contributed by atoms with Crippen molar-refractivity contribution in [3.8, 4) is 0 Å². The van der Waals surface area contributed by atoms with Gasteiger partial charge < -0.3 is 0 Å². The number of aryl methyl sites for hydroxylation is 1. The smallest absolute Gasteiger partial charge is 0.189 e. The van der Waals surface area contributed by atoms with E-state index in [4.69, 9.17) is 0 Å². The summed E-state index contributed by atoms with van der Waals surface area (Å²) in [6, 6.07) is 6.56. The maximum Gasteiger partial charge on any atom is 0.189 e. The highest BCUT2D eigenvalue weighted by Gasteiger charge is 2.33. The molecule has 0 atom stereocenters. The van der Waals surface area contributed by atoms with Crippen molar-refractivity contribution in [1.29, 1.82) is 0 Å². The maximum atomic E-state index is 12.9. The van der Waals surface area contributed by atoms with Gasteiger partial charge in [0.15, 0.2) is 5.78 Å². The monoisotopic (exact) mass is 320 g/mol. The lowest BCUT2D eigenvalue weighted by Gasteiger charge is -2.24. The fraction of sp³-hybridized carbons (Fsp3) is 0.435. The molecule has 0 saturated carbocycles. The number of rotatable bonds is 6. The molecule has 3 rings (SSSR count). The van der Waals surface area contributed by atoms with E-state index in [9.17, 15) is 4.79 Å². The summed E-state index contributed by atoms with van der Waals surface area (Å²) >= 11 is 0. The number of unbranched alkanes of at least 4 members (excludes halogenated alkanes) is 2. The molecule has 1 nitrogen and oxygen atoms in total. The molecule has 126 valence electrons. The van der Waals surface area contributed by atoms with E-state index in [1.807, 2.05) is 6.92 Å². The predicted molar refractivity (Wildman–Crippen MR) is 103 cm³/mol. The molecule has 0 unspecified atom stereocenters. The summed E-state index contributed by atoms with van der Waals surface area (Å²) in [4.78, 5) is 12.9. The van der Waals surface area contributed by atoms with E-state index in [0.717, 1.165) is 24.0 Å². The Balaban J connectivity index is 2.20. The summed E-state index contributed by atoms with van der Waals surface area (Å²) in [5.74, 6) is 0.223. The highest BCUT2D eigenvalue weighted by molar-refractivity contribution is 6.27. The number of carbonyl (C=O) groups excluding carboxylic acids is 1. The molecule has 0 N–H and O–H groups in total. The molecule has 0 amide bonds. The molecule has 0 spiro atoms. The molecule has 24 heavy (non-hydrogen) atoms. The third-order valence-corrected chi connectivity index (χ3v) is 5.48. The van der Waals surface area contributed by atoms with Crippen LogP contribution in [0, 0.1) is 0 Å². The highest BCUT2D eigenvalue weighted by atomic mass is 16.1. The van der Waals surface area contributed by atoms with Gasteiger partial charge in [0.2, 0.25) is 0 Å². The SMILES string of the molecule is CCCCC1=C2C(=Cc3cccc(CCCC)c32)C(=O)C(C)=C1C. The van der Waals surface area contributed by atoms with Crippen LogP contribution in [0.15, 0.2) is 40.5 Å². The minimum Gasteiger partial charge on any atom is -0.289 e. The zero-order chi connectivity index (χ0) is 17.3. The molecule has 0 aromatic heterocycles. The summed E-state index contributed by atoms with van der Waals surface area (Å²) in [6.07, 6.45) is 9.05. The second-order valence-corrected chi connectivity index (χ2v) is 7.08. The van der Waals surface area contributed by atoms with E-state index >= 15 is 0 Å². The number of carbonyl (C=O) groups is 1. The summed E-state index contributed by atoms with van der Waals surface area (Å²) in [7, 11) is 0. The molecule has 0 fully saturated rings. The van der Waals surface area contributed by atoms with Crippen LogP contribution in [-0.2, 0) is 11.2 Å². The molecule has 0 bridgehead atoms. The first-order valence-electron chi connectivity index (χ1n) is 9.40. The van der Waals surface area contributed by atoms with Gasteiger partial charge in [0.25, 0.3) is 0 Å². The molecular weight excluding hydrogens is 292 g/mol. The average Bonchev–Trinajstić information content (AvgIpc) is 2.98. The largest absolute Gasteiger partial charge is 0.289 e. The molecule has 1 aromatic carbocycles. The first-order valence-corrected chi connectivity index (χ1v) is 9.40. The van der Waals surface area contributed by atoms with Crippen LogP contribution in [-0.4, -0.2) is 5.78 Å². The van der Waals surface area contributed by atoms with Crippen molar-refractivity contribution in [2.24, 2.45) is 0 Å². The van der Waals surface area contributed by atoms with E-state index in [2.05, 4.69) is 45.0 Å². The Bertz CT molecular complexity index is 771. The van der Waals surface area contributed by atoms with Crippen molar-refractivity contribution in [2.75, 3.05) is 0 Å². The van der Waals surface area contributed by atoms with Crippen LogP contribution >= 0.6 is 0 Å². The lowest BCUT2D eigenvalue weighted by Crippen LogP contribution is -2.14. The third-order valence-electron chi connectivity index (χ3n) is 5.48. The van der Waals surface area contributed by atoms with Crippen molar-refractivity contribution in [3.63, 3.8) is 0 Å². The topological polar surface area (TPSA) is 17.1 Å². The number of hydrogen-bond donors (Lipinski definition) is 0. The first kappa shape index (κ1) is 17.0.